The van der Waals surface area contributed by atoms with Crippen LogP contribution in [-0.4, -0.2) is 69.4 Å². The van der Waals surface area contributed by atoms with Crippen molar-refractivity contribution in [3.63, 3.8) is 0 Å². The first kappa shape index (κ1) is 24.9. The van der Waals surface area contributed by atoms with E-state index < -0.39 is 11.9 Å². The van der Waals surface area contributed by atoms with Gasteiger partial charge in [0.15, 0.2) is 5.82 Å². The Labute approximate surface area is 231 Å². The minimum absolute atomic E-state index is 0.0153. The number of aliphatic hydroxyl groups is 1. The summed E-state index contributed by atoms with van der Waals surface area (Å²) in [6.45, 7) is 3.81. The molecule has 0 aliphatic carbocycles. The lowest BCUT2D eigenvalue weighted by Gasteiger charge is -2.33. The van der Waals surface area contributed by atoms with Gasteiger partial charge < -0.3 is 14.7 Å². The van der Waals surface area contributed by atoms with Crippen LogP contribution in [0.1, 0.15) is 38.5 Å². The van der Waals surface area contributed by atoms with Crippen molar-refractivity contribution in [3.05, 3.63) is 53.4 Å². The molecule has 202 valence electrons. The predicted molar refractivity (Wildman–Crippen MR) is 151 cm³/mol. The average molecular weight is 548 g/mol. The number of anilines is 1. The van der Waals surface area contributed by atoms with E-state index in [-0.39, 0.29) is 22.8 Å². The van der Waals surface area contributed by atoms with E-state index in [1.165, 1.54) is 0 Å². The number of rotatable bonds is 5. The number of nitrogens with zero attached hydrogens (tertiary/aromatic N) is 5. The van der Waals surface area contributed by atoms with Crippen molar-refractivity contribution >= 4 is 39.1 Å². The summed E-state index contributed by atoms with van der Waals surface area (Å²) in [4.78, 5) is 18.5. The fourth-order valence-corrected chi connectivity index (χ4v) is 7.10. The molecule has 1 N–H and O–H groups in total. The molecule has 0 amide bonds. The molecule has 0 spiro atoms. The molecule has 0 unspecified atom stereocenters. The first-order chi connectivity index (χ1) is 19.0. The lowest BCUT2D eigenvalue weighted by molar-refractivity contribution is 0.107. The summed E-state index contributed by atoms with van der Waals surface area (Å²) in [5.41, 5.74) is 0.977. The first-order valence-electron chi connectivity index (χ1n) is 13.9. The van der Waals surface area contributed by atoms with Gasteiger partial charge in [-0.2, -0.15) is 9.97 Å². The van der Waals surface area contributed by atoms with Crippen LogP contribution in [0.4, 0.5) is 10.2 Å². The number of aliphatic hydroxyl groups excluding tert-OH is 1. The van der Waals surface area contributed by atoms with Crippen molar-refractivity contribution in [2.75, 3.05) is 37.7 Å². The van der Waals surface area contributed by atoms with Gasteiger partial charge in [-0.1, -0.05) is 41.9 Å². The molecule has 3 aliphatic rings. The predicted octanol–water partition coefficient (Wildman–Crippen LogP) is 5.61. The van der Waals surface area contributed by atoms with Crippen LogP contribution in [0.2, 0.25) is 5.02 Å². The summed E-state index contributed by atoms with van der Waals surface area (Å²) in [6.07, 6.45) is 7.24. The smallest absolute Gasteiger partial charge is 0.319 e. The van der Waals surface area contributed by atoms with Crippen LogP contribution in [-0.2, 0) is 0 Å². The van der Waals surface area contributed by atoms with E-state index in [9.17, 15) is 5.11 Å². The number of fused-ring (bicyclic) bond motifs is 3. The lowest BCUT2D eigenvalue weighted by atomic mass is 9.95. The summed E-state index contributed by atoms with van der Waals surface area (Å²) in [5.74, 6) is 0.0161. The van der Waals surface area contributed by atoms with E-state index in [0.717, 1.165) is 62.4 Å². The van der Waals surface area contributed by atoms with Crippen LogP contribution >= 0.6 is 11.6 Å². The molecule has 3 aliphatic heterocycles. The molecular weight excluding hydrogens is 517 g/mol. The standard InChI is InChI=1S/C30H31ClFN5O2/c31-23-10-2-7-19-6-1-9-21(24(19)23)26-25(32)27-22(16-33-26)28(36-13-3-8-20(38)17-36)35-29(34-27)39-18-30-11-4-14-37(30)15-5-12-30/h1-2,6-7,9-10,16,20,38H,3-5,8,11-15,17-18H2/t20-/m1/s1. The van der Waals surface area contributed by atoms with E-state index in [4.69, 9.17) is 21.3 Å². The summed E-state index contributed by atoms with van der Waals surface area (Å²) >= 11 is 6.57. The quantitative estimate of drug-likeness (QED) is 0.348. The fourth-order valence-electron chi connectivity index (χ4n) is 6.81. The van der Waals surface area contributed by atoms with Crippen molar-refractivity contribution in [2.24, 2.45) is 0 Å². The molecular formula is C30H31ClFN5O2. The van der Waals surface area contributed by atoms with Gasteiger partial charge in [0.05, 0.1) is 17.0 Å². The summed E-state index contributed by atoms with van der Waals surface area (Å²) in [6, 6.07) is 11.5. The Balaban J connectivity index is 1.35. The zero-order chi connectivity index (χ0) is 26.6. The SMILES string of the molecule is O[C@@H]1CCCN(c2nc(OCC34CCCN3CCC4)nc3c(F)c(-c4cccc5cccc(Cl)c45)ncc23)C1. The number of piperidine rings is 1. The van der Waals surface area contributed by atoms with E-state index >= 15 is 4.39 Å². The Bertz CT molecular complexity index is 1550. The Morgan fingerprint density at radius 2 is 1.85 bits per heavy atom. The highest BCUT2D eigenvalue weighted by molar-refractivity contribution is 6.36. The largest absolute Gasteiger partial charge is 0.461 e. The highest BCUT2D eigenvalue weighted by Gasteiger charge is 2.45. The van der Waals surface area contributed by atoms with Gasteiger partial charge in [0.1, 0.15) is 23.6 Å². The second kappa shape index (κ2) is 9.84. The van der Waals surface area contributed by atoms with Crippen LogP contribution in [0.25, 0.3) is 32.9 Å². The first-order valence-corrected chi connectivity index (χ1v) is 14.2. The highest BCUT2D eigenvalue weighted by atomic mass is 35.5. The van der Waals surface area contributed by atoms with Gasteiger partial charge in [-0.25, -0.2) is 4.39 Å². The van der Waals surface area contributed by atoms with E-state index in [1.54, 1.807) is 12.3 Å². The third kappa shape index (κ3) is 4.29. The highest BCUT2D eigenvalue weighted by Crippen LogP contribution is 2.40. The van der Waals surface area contributed by atoms with E-state index in [2.05, 4.69) is 14.9 Å². The van der Waals surface area contributed by atoms with Crippen molar-refractivity contribution in [1.82, 2.24) is 19.9 Å². The molecule has 0 radical (unpaired) electrons. The molecule has 39 heavy (non-hydrogen) atoms. The third-order valence-electron chi connectivity index (χ3n) is 8.73. The number of ether oxygens (including phenoxy) is 1. The molecule has 9 heteroatoms. The van der Waals surface area contributed by atoms with Gasteiger partial charge in [-0.15, -0.1) is 0 Å². The van der Waals surface area contributed by atoms with Crippen LogP contribution in [0.15, 0.2) is 42.6 Å². The molecule has 4 aromatic rings. The number of benzene rings is 2. The molecule has 3 saturated heterocycles. The minimum atomic E-state index is -0.535. The van der Waals surface area contributed by atoms with Crippen LogP contribution in [0.5, 0.6) is 6.01 Å². The molecule has 3 fully saturated rings. The lowest BCUT2D eigenvalue weighted by Crippen LogP contribution is -2.43. The monoisotopic (exact) mass is 547 g/mol. The van der Waals surface area contributed by atoms with Gasteiger partial charge in [-0.05, 0) is 63.1 Å². The Morgan fingerprint density at radius 1 is 1.05 bits per heavy atom. The molecule has 0 bridgehead atoms. The Morgan fingerprint density at radius 3 is 2.64 bits per heavy atom. The Kier molecular flexibility index (Phi) is 6.29. The van der Waals surface area contributed by atoms with Crippen LogP contribution in [0, 0.1) is 5.82 Å². The van der Waals surface area contributed by atoms with Crippen LogP contribution in [0.3, 0.4) is 0 Å². The van der Waals surface area contributed by atoms with Crippen LogP contribution < -0.4 is 9.64 Å². The number of hydrogen-bond donors (Lipinski definition) is 1. The topological polar surface area (TPSA) is 74.6 Å². The third-order valence-corrected chi connectivity index (χ3v) is 9.04. The average Bonchev–Trinajstić information content (AvgIpc) is 3.53. The fraction of sp³-hybridized carbons (Fsp3) is 0.433. The maximum Gasteiger partial charge on any atom is 0.319 e. The van der Waals surface area contributed by atoms with Gasteiger partial charge in [0.2, 0.25) is 0 Å². The number of halogens is 2. The molecule has 0 saturated carbocycles. The summed E-state index contributed by atoms with van der Waals surface area (Å²) in [7, 11) is 0. The van der Waals surface area contributed by atoms with E-state index in [0.29, 0.717) is 41.5 Å². The van der Waals surface area contributed by atoms with Crippen molar-refractivity contribution in [1.29, 1.82) is 0 Å². The number of β-amino-alcohol motifs (C(OH)–C–C–N with tert-alkyl or cyclic N) is 1. The minimum Gasteiger partial charge on any atom is -0.461 e. The number of hydrogen-bond acceptors (Lipinski definition) is 7. The van der Waals surface area contributed by atoms with Gasteiger partial charge in [-0.3, -0.25) is 9.88 Å². The zero-order valence-corrected chi connectivity index (χ0v) is 22.5. The maximum atomic E-state index is 16.4. The van der Waals surface area contributed by atoms with Gasteiger partial charge >= 0.3 is 6.01 Å². The van der Waals surface area contributed by atoms with Crippen molar-refractivity contribution in [2.45, 2.75) is 50.2 Å². The van der Waals surface area contributed by atoms with Gasteiger partial charge in [0, 0.05) is 35.3 Å². The van der Waals surface area contributed by atoms with Crippen molar-refractivity contribution < 1.29 is 14.2 Å². The molecule has 7 nitrogen and oxygen atoms in total. The number of pyridine rings is 1. The molecule has 5 heterocycles. The normalized spacial score (nSPS) is 21.1. The van der Waals surface area contributed by atoms with Gasteiger partial charge in [0.25, 0.3) is 0 Å². The summed E-state index contributed by atoms with van der Waals surface area (Å²) < 4.78 is 22.7. The summed E-state index contributed by atoms with van der Waals surface area (Å²) in [5, 5.41) is 13.1. The molecule has 2 aromatic carbocycles. The zero-order valence-electron chi connectivity index (χ0n) is 21.7. The maximum absolute atomic E-state index is 16.4. The molecule has 2 aromatic heterocycles. The van der Waals surface area contributed by atoms with E-state index in [1.807, 2.05) is 35.2 Å². The second-order valence-corrected chi connectivity index (χ2v) is 11.5. The number of aromatic nitrogens is 3. The molecule has 7 rings (SSSR count). The molecule has 1 atom stereocenters. The Hall–Kier alpha value is -3.07. The second-order valence-electron chi connectivity index (χ2n) is 11.1. The van der Waals surface area contributed by atoms with Crippen molar-refractivity contribution in [3.8, 4) is 17.3 Å².